The summed E-state index contributed by atoms with van der Waals surface area (Å²) in [6.45, 7) is 0. The van der Waals surface area contributed by atoms with Gasteiger partial charge in [0.15, 0.2) is 0 Å². The van der Waals surface area contributed by atoms with Gasteiger partial charge < -0.3 is 9.97 Å². The zero-order valence-electron chi connectivity index (χ0n) is 10.4. The van der Waals surface area contributed by atoms with E-state index >= 15 is 0 Å². The molecule has 0 aliphatic heterocycles. The second-order valence-corrected chi connectivity index (χ2v) is 7.14. The van der Waals surface area contributed by atoms with Crippen LogP contribution in [0.5, 0.6) is 0 Å². The van der Waals surface area contributed by atoms with Crippen molar-refractivity contribution in [2.75, 3.05) is 0 Å². The van der Waals surface area contributed by atoms with Crippen molar-refractivity contribution in [1.29, 1.82) is 0 Å². The lowest BCUT2D eigenvalue weighted by molar-refractivity contribution is 1.13. The number of nitrogens with one attached hydrogen (secondary N) is 2. The number of fused-ring (bicyclic) bond motifs is 1. The Bertz CT molecular complexity index is 888. The summed E-state index contributed by atoms with van der Waals surface area (Å²) in [4.78, 5) is 16.8. The van der Waals surface area contributed by atoms with E-state index in [1.165, 1.54) is 0 Å². The number of H-pyrrole nitrogens is 2. The average molecular weight is 451 g/mol. The minimum atomic E-state index is -0.438. The number of aromatic amines is 2. The maximum atomic E-state index is 11.4. The molecule has 3 nitrogen and oxygen atoms in total. The summed E-state index contributed by atoms with van der Waals surface area (Å²) in [5, 5.41) is 0.153. The van der Waals surface area contributed by atoms with Crippen LogP contribution >= 0.6 is 55.1 Å². The second kappa shape index (κ2) is 5.80. The molecule has 0 saturated heterocycles. The molecule has 0 aliphatic carbocycles. The zero-order chi connectivity index (χ0) is 15.1. The molecule has 0 fully saturated rings. The summed E-state index contributed by atoms with van der Waals surface area (Å²) in [7, 11) is 0. The van der Waals surface area contributed by atoms with Gasteiger partial charge in [0.25, 0.3) is 0 Å². The van der Waals surface area contributed by atoms with Crippen LogP contribution in [0.1, 0.15) is 16.5 Å². The van der Waals surface area contributed by atoms with Crippen molar-refractivity contribution in [3.8, 4) is 0 Å². The van der Waals surface area contributed by atoms with E-state index in [9.17, 15) is 4.79 Å². The van der Waals surface area contributed by atoms with Crippen molar-refractivity contribution in [2.45, 2.75) is 5.38 Å². The number of hydrogen-bond donors (Lipinski definition) is 2. The fourth-order valence-corrected chi connectivity index (χ4v) is 3.87. The van der Waals surface area contributed by atoms with E-state index in [2.05, 4.69) is 41.8 Å². The van der Waals surface area contributed by atoms with Gasteiger partial charge in [-0.15, -0.1) is 11.6 Å². The van der Waals surface area contributed by atoms with Gasteiger partial charge >= 0.3 is 5.69 Å². The van der Waals surface area contributed by atoms with Crippen molar-refractivity contribution in [1.82, 2.24) is 9.97 Å². The molecule has 1 aromatic heterocycles. The first-order valence-electron chi connectivity index (χ1n) is 5.96. The molecule has 0 aliphatic rings. The van der Waals surface area contributed by atoms with Crippen LogP contribution in [-0.4, -0.2) is 9.97 Å². The third-order valence-electron chi connectivity index (χ3n) is 3.14. The van der Waals surface area contributed by atoms with E-state index in [-0.39, 0.29) is 5.69 Å². The molecule has 1 unspecified atom stereocenters. The third-order valence-corrected chi connectivity index (χ3v) is 5.13. The topological polar surface area (TPSA) is 48.6 Å². The monoisotopic (exact) mass is 448 g/mol. The van der Waals surface area contributed by atoms with E-state index < -0.39 is 5.38 Å². The summed E-state index contributed by atoms with van der Waals surface area (Å²) in [5.74, 6) is 0. The highest BCUT2D eigenvalue weighted by atomic mass is 79.9. The van der Waals surface area contributed by atoms with Gasteiger partial charge in [-0.2, -0.15) is 0 Å². The minimum absolute atomic E-state index is 0.249. The van der Waals surface area contributed by atoms with E-state index in [4.69, 9.17) is 23.2 Å². The highest BCUT2D eigenvalue weighted by Crippen LogP contribution is 2.39. The quantitative estimate of drug-likeness (QED) is 0.507. The van der Waals surface area contributed by atoms with Gasteiger partial charge in [-0.05, 0) is 41.5 Å². The molecule has 2 aromatic carbocycles. The summed E-state index contributed by atoms with van der Waals surface area (Å²) >= 11 is 19.7. The number of aromatic nitrogens is 2. The second-order valence-electron chi connectivity index (χ2n) is 4.53. The molecule has 21 heavy (non-hydrogen) atoms. The number of rotatable bonds is 2. The van der Waals surface area contributed by atoms with Crippen molar-refractivity contribution in [3.05, 3.63) is 65.9 Å². The molecule has 0 spiro atoms. The molecule has 0 saturated carbocycles. The standard InChI is InChI=1S/C14H8Br2Cl2N2O/c15-6-1-2-10(17)8(3-6)13(18)7-4-11-12(5-9(7)16)20-14(21)19-11/h1-5,13H,(H2,19,20,21). The number of hydrogen-bond acceptors (Lipinski definition) is 1. The van der Waals surface area contributed by atoms with Crippen LogP contribution in [-0.2, 0) is 0 Å². The van der Waals surface area contributed by atoms with Crippen LogP contribution < -0.4 is 5.69 Å². The van der Waals surface area contributed by atoms with Gasteiger partial charge in [0.05, 0.1) is 16.4 Å². The van der Waals surface area contributed by atoms with Gasteiger partial charge in [0, 0.05) is 14.0 Å². The lowest BCUT2D eigenvalue weighted by Crippen LogP contribution is -1.99. The minimum Gasteiger partial charge on any atom is -0.306 e. The molecule has 108 valence electrons. The molecule has 1 atom stereocenters. The maximum absolute atomic E-state index is 11.4. The van der Waals surface area contributed by atoms with Crippen LogP contribution in [0.25, 0.3) is 11.0 Å². The molecule has 3 aromatic rings. The largest absolute Gasteiger partial charge is 0.323 e. The number of benzene rings is 2. The average Bonchev–Trinajstić information content (AvgIpc) is 2.79. The van der Waals surface area contributed by atoms with Crippen molar-refractivity contribution in [2.24, 2.45) is 0 Å². The lowest BCUT2D eigenvalue weighted by Gasteiger charge is -2.14. The Morgan fingerprint density at radius 2 is 1.67 bits per heavy atom. The van der Waals surface area contributed by atoms with Crippen molar-refractivity contribution in [3.63, 3.8) is 0 Å². The van der Waals surface area contributed by atoms with Crippen LogP contribution in [0, 0.1) is 0 Å². The Balaban J connectivity index is 2.16. The highest BCUT2D eigenvalue weighted by Gasteiger charge is 2.18. The van der Waals surface area contributed by atoms with Crippen molar-refractivity contribution < 1.29 is 0 Å². The Hall–Kier alpha value is -0.750. The van der Waals surface area contributed by atoms with Crippen LogP contribution in [0.3, 0.4) is 0 Å². The number of alkyl halides is 1. The summed E-state index contributed by atoms with van der Waals surface area (Å²) in [6, 6.07) is 9.20. The van der Waals surface area contributed by atoms with Gasteiger partial charge in [-0.3, -0.25) is 0 Å². The molecular weight excluding hydrogens is 443 g/mol. The first kappa shape index (κ1) is 15.2. The molecule has 0 amide bonds. The molecule has 1 heterocycles. The van der Waals surface area contributed by atoms with Gasteiger partial charge in [0.1, 0.15) is 0 Å². The number of halogens is 4. The van der Waals surface area contributed by atoms with Gasteiger partial charge in [0.2, 0.25) is 0 Å². The molecule has 7 heteroatoms. The molecule has 0 bridgehead atoms. The van der Waals surface area contributed by atoms with Gasteiger partial charge in [-0.25, -0.2) is 4.79 Å². The Morgan fingerprint density at radius 3 is 2.38 bits per heavy atom. The van der Waals surface area contributed by atoms with Crippen LogP contribution in [0.15, 0.2) is 44.1 Å². The van der Waals surface area contributed by atoms with Crippen LogP contribution in [0.4, 0.5) is 0 Å². The van der Waals surface area contributed by atoms with E-state index in [0.29, 0.717) is 10.5 Å². The van der Waals surface area contributed by atoms with E-state index in [0.717, 1.165) is 25.6 Å². The summed E-state index contributed by atoms with van der Waals surface area (Å²) < 4.78 is 1.71. The fraction of sp³-hybridized carbons (Fsp3) is 0.0714. The first-order valence-corrected chi connectivity index (χ1v) is 8.36. The smallest absolute Gasteiger partial charge is 0.306 e. The third kappa shape index (κ3) is 2.93. The maximum Gasteiger partial charge on any atom is 0.323 e. The normalized spacial score (nSPS) is 12.8. The lowest BCUT2D eigenvalue weighted by atomic mass is 10.0. The van der Waals surface area contributed by atoms with Gasteiger partial charge in [-0.1, -0.05) is 43.5 Å². The Labute approximate surface area is 146 Å². The molecule has 0 radical (unpaired) electrons. The first-order chi connectivity index (χ1) is 9.95. The molecule has 3 rings (SSSR count). The summed E-state index contributed by atoms with van der Waals surface area (Å²) in [6.07, 6.45) is 0. The van der Waals surface area contributed by atoms with Crippen molar-refractivity contribution >= 4 is 66.1 Å². The Morgan fingerprint density at radius 1 is 1.00 bits per heavy atom. The zero-order valence-corrected chi connectivity index (χ0v) is 15.1. The predicted octanol–water partition coefficient (Wildman–Crippen LogP) is 5.36. The van der Waals surface area contributed by atoms with E-state index in [1.807, 2.05) is 24.3 Å². The summed E-state index contributed by atoms with van der Waals surface area (Å²) in [5.41, 5.74) is 2.81. The fourth-order valence-electron chi connectivity index (χ4n) is 2.14. The number of imidazole rings is 1. The predicted molar refractivity (Wildman–Crippen MR) is 93.5 cm³/mol. The highest BCUT2D eigenvalue weighted by molar-refractivity contribution is 9.10. The SMILES string of the molecule is O=c1[nH]c2cc(Br)c(C(Cl)c3cc(Br)ccc3Cl)cc2[nH]1. The van der Waals surface area contributed by atoms with E-state index in [1.54, 1.807) is 6.07 Å². The Kier molecular flexibility index (Phi) is 4.19. The van der Waals surface area contributed by atoms with Crippen LogP contribution in [0.2, 0.25) is 5.02 Å². The molecular formula is C14H8Br2Cl2N2O. The molecule has 2 N–H and O–H groups in total.